The summed E-state index contributed by atoms with van der Waals surface area (Å²) in [5, 5.41) is 14.8. The number of aliphatic hydroxyl groups excluding tert-OH is 1. The number of nitrogens with one attached hydrogen (secondary N) is 2. The van der Waals surface area contributed by atoms with Crippen molar-refractivity contribution in [1.29, 1.82) is 0 Å². The number of benzene rings is 1. The van der Waals surface area contributed by atoms with Crippen molar-refractivity contribution in [3.63, 3.8) is 0 Å². The quantitative estimate of drug-likeness (QED) is 0.783. The molecule has 1 aliphatic carbocycles. The van der Waals surface area contributed by atoms with Crippen molar-refractivity contribution in [2.75, 3.05) is 5.32 Å². The first kappa shape index (κ1) is 14.1. The average molecular weight is 287 g/mol. The molecular weight excluding hydrogens is 271 g/mol. The van der Waals surface area contributed by atoms with Gasteiger partial charge in [-0.05, 0) is 43.9 Å². The van der Waals surface area contributed by atoms with Crippen molar-refractivity contribution in [3.8, 4) is 0 Å². The number of carbonyl (C=O) groups excluding carboxylic acids is 1. The summed E-state index contributed by atoms with van der Waals surface area (Å²) in [4.78, 5) is 11.7. The molecule has 0 aliphatic heterocycles. The maximum absolute atomic E-state index is 13.2. The van der Waals surface area contributed by atoms with Crippen LogP contribution in [0.3, 0.4) is 0 Å². The maximum atomic E-state index is 13.2. The van der Waals surface area contributed by atoms with Crippen LogP contribution in [0.25, 0.3) is 0 Å². The van der Waals surface area contributed by atoms with Crippen molar-refractivity contribution in [2.24, 2.45) is 0 Å². The van der Waals surface area contributed by atoms with Gasteiger partial charge < -0.3 is 15.7 Å². The molecule has 0 unspecified atom stereocenters. The summed E-state index contributed by atoms with van der Waals surface area (Å²) in [7, 11) is 0. The summed E-state index contributed by atoms with van der Waals surface area (Å²) in [5.74, 6) is -0.569. The lowest BCUT2D eigenvalue weighted by Crippen LogP contribution is -2.40. The Labute approximate surface area is 116 Å². The zero-order valence-corrected chi connectivity index (χ0v) is 11.1. The zero-order valence-electron chi connectivity index (χ0n) is 10.3. The van der Waals surface area contributed by atoms with Gasteiger partial charge in [-0.15, -0.1) is 0 Å². The van der Waals surface area contributed by atoms with Gasteiger partial charge in [0.2, 0.25) is 0 Å². The van der Waals surface area contributed by atoms with Crippen LogP contribution in [-0.2, 0) is 0 Å². The van der Waals surface area contributed by atoms with E-state index in [0.717, 1.165) is 12.8 Å². The van der Waals surface area contributed by atoms with Gasteiger partial charge in [-0.3, -0.25) is 0 Å². The third kappa shape index (κ3) is 4.08. The van der Waals surface area contributed by atoms with E-state index in [9.17, 15) is 14.3 Å². The summed E-state index contributed by atoms with van der Waals surface area (Å²) < 4.78 is 13.2. The van der Waals surface area contributed by atoms with E-state index >= 15 is 0 Å². The number of rotatable bonds is 2. The van der Waals surface area contributed by atoms with Crippen LogP contribution in [0.2, 0.25) is 5.02 Å². The van der Waals surface area contributed by atoms with E-state index in [0.29, 0.717) is 18.5 Å². The molecule has 0 spiro atoms. The summed E-state index contributed by atoms with van der Waals surface area (Å²) >= 11 is 5.56. The predicted molar refractivity (Wildman–Crippen MR) is 71.8 cm³/mol. The van der Waals surface area contributed by atoms with Crippen LogP contribution in [0, 0.1) is 5.82 Å². The van der Waals surface area contributed by atoms with E-state index in [2.05, 4.69) is 10.6 Å². The molecule has 0 atom stereocenters. The Morgan fingerprint density at radius 2 is 2.00 bits per heavy atom. The number of halogens is 2. The highest BCUT2D eigenvalue weighted by atomic mass is 35.5. The SMILES string of the molecule is O=C(Nc1ccc(Cl)c(F)c1)NC1CCC(O)CC1. The van der Waals surface area contributed by atoms with E-state index < -0.39 is 5.82 Å². The lowest BCUT2D eigenvalue weighted by molar-refractivity contribution is 0.118. The second kappa shape index (κ2) is 6.21. The summed E-state index contributed by atoms with van der Waals surface area (Å²) in [6.45, 7) is 0. The Morgan fingerprint density at radius 3 is 2.63 bits per heavy atom. The van der Waals surface area contributed by atoms with Crippen LogP contribution in [0.4, 0.5) is 14.9 Å². The minimum Gasteiger partial charge on any atom is -0.393 e. The normalized spacial score (nSPS) is 22.9. The highest BCUT2D eigenvalue weighted by Gasteiger charge is 2.20. The third-order valence-electron chi connectivity index (χ3n) is 3.21. The van der Waals surface area contributed by atoms with Gasteiger partial charge in [-0.2, -0.15) is 0 Å². The summed E-state index contributed by atoms with van der Waals surface area (Å²) in [5.41, 5.74) is 0.357. The van der Waals surface area contributed by atoms with Gasteiger partial charge in [0.25, 0.3) is 0 Å². The Hall–Kier alpha value is -1.33. The summed E-state index contributed by atoms with van der Waals surface area (Å²) in [6, 6.07) is 3.79. The fourth-order valence-electron chi connectivity index (χ4n) is 2.15. The van der Waals surface area contributed by atoms with Gasteiger partial charge in [0, 0.05) is 11.7 Å². The Morgan fingerprint density at radius 1 is 1.32 bits per heavy atom. The van der Waals surface area contributed by atoms with E-state index in [1.165, 1.54) is 18.2 Å². The number of carbonyl (C=O) groups is 1. The molecule has 1 aromatic rings. The van der Waals surface area contributed by atoms with E-state index in [1.807, 2.05) is 0 Å². The van der Waals surface area contributed by atoms with Gasteiger partial charge in [0.05, 0.1) is 11.1 Å². The lowest BCUT2D eigenvalue weighted by atomic mass is 9.93. The second-order valence-electron chi connectivity index (χ2n) is 4.73. The molecule has 0 heterocycles. The van der Waals surface area contributed by atoms with Crippen molar-refractivity contribution < 1.29 is 14.3 Å². The van der Waals surface area contributed by atoms with Gasteiger partial charge in [0.1, 0.15) is 5.82 Å². The largest absolute Gasteiger partial charge is 0.393 e. The van der Waals surface area contributed by atoms with Gasteiger partial charge in [-0.1, -0.05) is 11.6 Å². The molecule has 0 bridgehead atoms. The van der Waals surface area contributed by atoms with Crippen LogP contribution in [-0.4, -0.2) is 23.3 Å². The minimum absolute atomic E-state index is 0.0206. The number of anilines is 1. The van der Waals surface area contributed by atoms with Crippen LogP contribution in [0.1, 0.15) is 25.7 Å². The molecule has 6 heteroatoms. The number of amides is 2. The molecule has 2 amide bonds. The Bertz CT molecular complexity index is 462. The van der Waals surface area contributed by atoms with Gasteiger partial charge in [-0.25, -0.2) is 9.18 Å². The fourth-order valence-corrected chi connectivity index (χ4v) is 2.26. The monoisotopic (exact) mass is 286 g/mol. The topological polar surface area (TPSA) is 61.4 Å². The average Bonchev–Trinajstić information content (AvgIpc) is 2.37. The number of aliphatic hydroxyl groups is 1. The molecule has 1 aromatic carbocycles. The highest BCUT2D eigenvalue weighted by molar-refractivity contribution is 6.30. The molecule has 1 aliphatic rings. The molecule has 0 aromatic heterocycles. The summed E-state index contributed by atoms with van der Waals surface area (Å²) in [6.07, 6.45) is 2.64. The molecule has 2 rings (SSSR count). The highest BCUT2D eigenvalue weighted by Crippen LogP contribution is 2.20. The molecular formula is C13H16ClFN2O2. The van der Waals surface area contributed by atoms with Crippen molar-refractivity contribution in [3.05, 3.63) is 29.0 Å². The number of hydrogen-bond acceptors (Lipinski definition) is 2. The molecule has 1 fully saturated rings. The maximum Gasteiger partial charge on any atom is 0.319 e. The second-order valence-corrected chi connectivity index (χ2v) is 5.14. The fraction of sp³-hybridized carbons (Fsp3) is 0.462. The van der Waals surface area contributed by atoms with Gasteiger partial charge in [0.15, 0.2) is 0 Å². The predicted octanol–water partition coefficient (Wildman–Crippen LogP) is 2.90. The number of hydrogen-bond donors (Lipinski definition) is 3. The van der Waals surface area contributed by atoms with E-state index in [-0.39, 0.29) is 23.2 Å². The lowest BCUT2D eigenvalue weighted by Gasteiger charge is -2.26. The van der Waals surface area contributed by atoms with Crippen molar-refractivity contribution in [1.82, 2.24) is 5.32 Å². The van der Waals surface area contributed by atoms with Crippen LogP contribution < -0.4 is 10.6 Å². The first-order chi connectivity index (χ1) is 9.04. The molecule has 19 heavy (non-hydrogen) atoms. The van der Waals surface area contributed by atoms with E-state index in [4.69, 9.17) is 11.6 Å². The molecule has 0 radical (unpaired) electrons. The number of urea groups is 1. The van der Waals surface area contributed by atoms with Crippen LogP contribution >= 0.6 is 11.6 Å². The molecule has 0 saturated heterocycles. The van der Waals surface area contributed by atoms with Gasteiger partial charge >= 0.3 is 6.03 Å². The van der Waals surface area contributed by atoms with Crippen LogP contribution in [0.15, 0.2) is 18.2 Å². The molecule has 104 valence electrons. The first-order valence-electron chi connectivity index (χ1n) is 6.25. The van der Waals surface area contributed by atoms with Crippen LogP contribution in [0.5, 0.6) is 0 Å². The van der Waals surface area contributed by atoms with E-state index in [1.54, 1.807) is 0 Å². The Balaban J connectivity index is 1.85. The zero-order chi connectivity index (χ0) is 13.8. The third-order valence-corrected chi connectivity index (χ3v) is 3.52. The minimum atomic E-state index is -0.569. The smallest absolute Gasteiger partial charge is 0.319 e. The van der Waals surface area contributed by atoms with Crippen molar-refractivity contribution >= 4 is 23.3 Å². The first-order valence-corrected chi connectivity index (χ1v) is 6.63. The molecule has 4 nitrogen and oxygen atoms in total. The molecule has 1 saturated carbocycles. The Kier molecular flexibility index (Phi) is 4.61. The van der Waals surface area contributed by atoms with Crippen molar-refractivity contribution in [2.45, 2.75) is 37.8 Å². The standard InChI is InChI=1S/C13H16ClFN2O2/c14-11-6-3-9(7-12(11)15)17-13(19)16-8-1-4-10(18)5-2-8/h3,6-8,10,18H,1-2,4-5H2,(H2,16,17,19). The molecule has 3 N–H and O–H groups in total.